The van der Waals surface area contributed by atoms with Crippen LogP contribution in [0.1, 0.15) is 56.1 Å². The fourth-order valence-corrected chi connectivity index (χ4v) is 5.71. The summed E-state index contributed by atoms with van der Waals surface area (Å²) in [5, 5.41) is 0. The Morgan fingerprint density at radius 1 is 0.667 bits per heavy atom. The van der Waals surface area contributed by atoms with Gasteiger partial charge in [0.15, 0.2) is 17.5 Å². The lowest BCUT2D eigenvalue weighted by atomic mass is 9.78. The largest absolute Gasteiger partial charge is 0.432 e. The van der Waals surface area contributed by atoms with Crippen LogP contribution in [-0.4, -0.2) is 0 Å². The summed E-state index contributed by atoms with van der Waals surface area (Å²) < 4.78 is 133. The van der Waals surface area contributed by atoms with Gasteiger partial charge in [-0.2, -0.15) is 8.78 Å². The van der Waals surface area contributed by atoms with Crippen LogP contribution in [0.15, 0.2) is 72.8 Å². The maximum atomic E-state index is 15.2. The number of hydrogen-bond donors (Lipinski definition) is 0. The standard InChI is InChI=1S/C35H27F9O/c1-2-3-4-19-5-7-20(8-6-19)21-9-11-25(27(36)13-21)22-10-12-26(28(37)14-22)23-15-29(38)33(30(39)16-23)35(43,44)45-24-17-31(40)34(42)32(41)18-24/h3-4,9-20H,2,5-8H2,1H3. The Morgan fingerprint density at radius 3 is 1.80 bits per heavy atom. The number of alkyl halides is 2. The van der Waals surface area contributed by atoms with Gasteiger partial charge in [0.25, 0.3) is 0 Å². The van der Waals surface area contributed by atoms with Crippen molar-refractivity contribution in [2.45, 2.75) is 51.1 Å². The summed E-state index contributed by atoms with van der Waals surface area (Å²) in [6.07, 6.45) is 4.46. The Morgan fingerprint density at radius 2 is 1.22 bits per heavy atom. The highest BCUT2D eigenvalue weighted by molar-refractivity contribution is 5.72. The summed E-state index contributed by atoms with van der Waals surface area (Å²) in [7, 11) is 0. The van der Waals surface area contributed by atoms with Gasteiger partial charge < -0.3 is 4.74 Å². The SMILES string of the molecule is CCC=CC1CCC(c2ccc(-c3ccc(-c4cc(F)c(C(F)(F)Oc5cc(F)c(F)c(F)c5)c(F)c4)c(F)c3)c(F)c2)CC1. The summed E-state index contributed by atoms with van der Waals surface area (Å²) in [5.41, 5.74) is -1.60. The highest BCUT2D eigenvalue weighted by atomic mass is 19.3. The van der Waals surface area contributed by atoms with Gasteiger partial charge in [-0.3, -0.25) is 0 Å². The molecular formula is C35H27F9O. The Balaban J connectivity index is 1.35. The van der Waals surface area contributed by atoms with Gasteiger partial charge in [-0.05, 0) is 84.9 Å². The predicted molar refractivity (Wildman–Crippen MR) is 152 cm³/mol. The molecule has 0 unspecified atom stereocenters. The second kappa shape index (κ2) is 13.0. The van der Waals surface area contributed by atoms with E-state index < -0.39 is 63.7 Å². The molecule has 0 bridgehead atoms. The fraction of sp³-hybridized carbons (Fsp3) is 0.257. The van der Waals surface area contributed by atoms with Gasteiger partial charge in [-0.1, -0.05) is 43.3 Å². The Kier molecular flexibility index (Phi) is 9.32. The van der Waals surface area contributed by atoms with E-state index in [1.54, 1.807) is 12.1 Å². The average Bonchev–Trinajstić information content (AvgIpc) is 2.98. The van der Waals surface area contributed by atoms with Gasteiger partial charge in [-0.25, -0.2) is 30.7 Å². The zero-order valence-corrected chi connectivity index (χ0v) is 23.9. The van der Waals surface area contributed by atoms with Crippen LogP contribution in [0.4, 0.5) is 39.5 Å². The Labute approximate surface area is 254 Å². The third-order valence-corrected chi connectivity index (χ3v) is 8.01. The number of rotatable bonds is 8. The molecule has 45 heavy (non-hydrogen) atoms. The Bertz CT molecular complexity index is 1690. The van der Waals surface area contributed by atoms with Gasteiger partial charge in [0.2, 0.25) is 0 Å². The van der Waals surface area contributed by atoms with Crippen molar-refractivity contribution in [1.29, 1.82) is 0 Å². The molecule has 236 valence electrons. The van der Waals surface area contributed by atoms with Crippen molar-refractivity contribution in [3.8, 4) is 28.0 Å². The van der Waals surface area contributed by atoms with Gasteiger partial charge in [0.1, 0.15) is 34.6 Å². The molecule has 1 fully saturated rings. The summed E-state index contributed by atoms with van der Waals surface area (Å²) >= 11 is 0. The summed E-state index contributed by atoms with van der Waals surface area (Å²) in [4.78, 5) is 0. The van der Waals surface area contributed by atoms with Crippen LogP contribution in [0.2, 0.25) is 0 Å². The van der Waals surface area contributed by atoms with Gasteiger partial charge >= 0.3 is 6.11 Å². The molecule has 0 amide bonds. The van der Waals surface area contributed by atoms with Gasteiger partial charge in [0.05, 0.1) is 0 Å². The van der Waals surface area contributed by atoms with E-state index in [9.17, 15) is 30.7 Å². The number of ether oxygens (including phenoxy) is 1. The normalized spacial score (nSPS) is 17.2. The minimum absolute atomic E-state index is 0.0845. The quantitative estimate of drug-likeness (QED) is 0.106. The van der Waals surface area contributed by atoms with Crippen LogP contribution in [-0.2, 0) is 6.11 Å². The Hall–Kier alpha value is -4.21. The van der Waals surface area contributed by atoms with Crippen LogP contribution >= 0.6 is 0 Å². The molecule has 1 nitrogen and oxygen atoms in total. The molecule has 1 aliphatic rings. The number of allylic oxidation sites excluding steroid dienone is 2. The highest BCUT2D eigenvalue weighted by Gasteiger charge is 2.41. The van der Waals surface area contributed by atoms with Crippen molar-refractivity contribution in [3.63, 3.8) is 0 Å². The lowest BCUT2D eigenvalue weighted by Crippen LogP contribution is -2.25. The van der Waals surface area contributed by atoms with E-state index in [4.69, 9.17) is 0 Å². The minimum atomic E-state index is -4.79. The fourth-order valence-electron chi connectivity index (χ4n) is 5.71. The number of hydrogen-bond acceptors (Lipinski definition) is 1. The van der Waals surface area contributed by atoms with E-state index >= 15 is 8.78 Å². The summed E-state index contributed by atoms with van der Waals surface area (Å²) in [5.74, 6) is -11.4. The lowest BCUT2D eigenvalue weighted by molar-refractivity contribution is -0.189. The van der Waals surface area contributed by atoms with Crippen LogP contribution in [0.3, 0.4) is 0 Å². The number of halogens is 9. The zero-order chi connectivity index (χ0) is 32.5. The van der Waals surface area contributed by atoms with E-state index in [0.29, 0.717) is 18.1 Å². The molecule has 0 radical (unpaired) electrons. The van der Waals surface area contributed by atoms with Crippen molar-refractivity contribution in [3.05, 3.63) is 125 Å². The highest BCUT2D eigenvalue weighted by Crippen LogP contribution is 2.40. The second-order valence-electron chi connectivity index (χ2n) is 11.0. The first kappa shape index (κ1) is 32.2. The van der Waals surface area contributed by atoms with E-state index in [-0.39, 0.29) is 34.7 Å². The molecule has 0 spiro atoms. The van der Waals surface area contributed by atoms with E-state index in [2.05, 4.69) is 23.8 Å². The molecule has 0 aromatic heterocycles. The maximum Gasteiger partial charge on any atom is 0.432 e. The smallest absolute Gasteiger partial charge is 0.429 e. The third-order valence-electron chi connectivity index (χ3n) is 8.01. The van der Waals surface area contributed by atoms with Crippen molar-refractivity contribution in [1.82, 2.24) is 0 Å². The number of benzene rings is 4. The topological polar surface area (TPSA) is 9.23 Å². The third kappa shape index (κ3) is 6.89. The van der Waals surface area contributed by atoms with E-state index in [1.165, 1.54) is 12.1 Å². The second-order valence-corrected chi connectivity index (χ2v) is 11.0. The first-order chi connectivity index (χ1) is 21.4. The monoisotopic (exact) mass is 634 g/mol. The van der Waals surface area contributed by atoms with Crippen LogP contribution < -0.4 is 4.74 Å². The average molecular weight is 635 g/mol. The van der Waals surface area contributed by atoms with Crippen molar-refractivity contribution in [2.24, 2.45) is 5.92 Å². The van der Waals surface area contributed by atoms with E-state index in [0.717, 1.165) is 49.8 Å². The van der Waals surface area contributed by atoms with Gasteiger partial charge in [-0.15, -0.1) is 0 Å². The molecular weight excluding hydrogens is 607 g/mol. The van der Waals surface area contributed by atoms with E-state index in [1.807, 2.05) is 0 Å². The van der Waals surface area contributed by atoms with Crippen molar-refractivity contribution in [2.75, 3.05) is 0 Å². The predicted octanol–water partition coefficient (Wildman–Crippen LogP) is 11.4. The molecule has 0 atom stereocenters. The lowest BCUT2D eigenvalue weighted by Gasteiger charge is -2.27. The first-order valence-corrected chi connectivity index (χ1v) is 14.3. The maximum absolute atomic E-state index is 15.2. The van der Waals surface area contributed by atoms with Crippen LogP contribution in [0.5, 0.6) is 5.75 Å². The molecule has 10 heteroatoms. The van der Waals surface area contributed by atoms with Crippen LogP contribution in [0.25, 0.3) is 22.3 Å². The molecule has 0 heterocycles. The summed E-state index contributed by atoms with van der Waals surface area (Å²) in [6, 6.07) is 9.27. The minimum Gasteiger partial charge on any atom is -0.429 e. The zero-order valence-electron chi connectivity index (χ0n) is 23.9. The molecule has 1 aliphatic carbocycles. The molecule has 1 saturated carbocycles. The summed E-state index contributed by atoms with van der Waals surface area (Å²) in [6.45, 7) is 2.08. The van der Waals surface area contributed by atoms with Crippen molar-refractivity contribution >= 4 is 0 Å². The van der Waals surface area contributed by atoms with Crippen LogP contribution in [0, 0.1) is 46.6 Å². The molecule has 4 aromatic rings. The molecule has 4 aromatic carbocycles. The molecule has 0 aliphatic heterocycles. The molecule has 0 N–H and O–H groups in total. The molecule has 0 saturated heterocycles. The molecule has 5 rings (SSSR count). The van der Waals surface area contributed by atoms with Crippen molar-refractivity contribution < 1.29 is 44.3 Å². The van der Waals surface area contributed by atoms with Gasteiger partial charge in [0, 0.05) is 23.3 Å². The first-order valence-electron chi connectivity index (χ1n) is 14.3.